The summed E-state index contributed by atoms with van der Waals surface area (Å²) in [6.07, 6.45) is -0.0336. The molecular weight excluding hydrogens is 270 g/mol. The van der Waals surface area contributed by atoms with E-state index >= 15 is 0 Å². The molecular formula is C15H17N3O3. The predicted octanol–water partition coefficient (Wildman–Crippen LogP) is 1.09. The molecule has 2 amide bonds. The van der Waals surface area contributed by atoms with Crippen molar-refractivity contribution in [2.45, 2.75) is 18.4 Å². The number of carboxylic acid groups (broad SMARTS) is 1. The van der Waals surface area contributed by atoms with Crippen LogP contribution in [0.15, 0.2) is 18.2 Å². The Balaban J connectivity index is 1.80. The number of fused-ring (bicyclic) bond motifs is 3. The van der Waals surface area contributed by atoms with E-state index in [1.807, 2.05) is 18.2 Å². The number of para-hydroxylation sites is 1. The minimum absolute atomic E-state index is 0.0249. The van der Waals surface area contributed by atoms with E-state index in [0.29, 0.717) is 25.7 Å². The number of nitrogens with zero attached hydrogens (tertiary/aromatic N) is 2. The fourth-order valence-electron chi connectivity index (χ4n) is 3.98. The molecule has 21 heavy (non-hydrogen) atoms. The zero-order chi connectivity index (χ0) is 14.6. The number of hydrogen-bond donors (Lipinski definition) is 2. The maximum Gasteiger partial charge on any atom is 0.407 e. The van der Waals surface area contributed by atoms with Crippen LogP contribution in [0.2, 0.25) is 0 Å². The average molecular weight is 287 g/mol. The Hall–Kier alpha value is -2.24. The summed E-state index contributed by atoms with van der Waals surface area (Å²) in [4.78, 5) is 27.2. The standard InChI is InChI=1S/C15H17N3O3/c19-14-10-3-1-2-9-11-8-17(15(20)21)6-4-12(11)18(13(9)10)7-5-16-14/h1-3,11-12H,4-8H2,(H,16,19)(H,20,21)/t11-,12-/m0/s1. The summed E-state index contributed by atoms with van der Waals surface area (Å²) in [6.45, 7) is 2.52. The maximum atomic E-state index is 12.2. The highest BCUT2D eigenvalue weighted by Crippen LogP contribution is 2.46. The van der Waals surface area contributed by atoms with Crippen LogP contribution in [0.25, 0.3) is 0 Å². The molecule has 3 aliphatic rings. The van der Waals surface area contributed by atoms with Gasteiger partial charge in [-0.2, -0.15) is 0 Å². The van der Waals surface area contributed by atoms with Crippen LogP contribution in [0.5, 0.6) is 0 Å². The summed E-state index contributed by atoms with van der Waals surface area (Å²) in [7, 11) is 0. The number of rotatable bonds is 0. The van der Waals surface area contributed by atoms with Gasteiger partial charge in [0.25, 0.3) is 5.91 Å². The van der Waals surface area contributed by atoms with E-state index in [-0.39, 0.29) is 11.8 Å². The van der Waals surface area contributed by atoms with Crippen LogP contribution < -0.4 is 10.2 Å². The fraction of sp³-hybridized carbons (Fsp3) is 0.467. The molecule has 0 aromatic heterocycles. The van der Waals surface area contributed by atoms with Crippen LogP contribution >= 0.6 is 0 Å². The maximum absolute atomic E-state index is 12.2. The van der Waals surface area contributed by atoms with Crippen molar-refractivity contribution in [2.75, 3.05) is 31.1 Å². The Morgan fingerprint density at radius 1 is 1.33 bits per heavy atom. The number of anilines is 1. The molecule has 0 bridgehead atoms. The van der Waals surface area contributed by atoms with Crippen LogP contribution in [0.3, 0.4) is 0 Å². The van der Waals surface area contributed by atoms with Crippen molar-refractivity contribution in [1.82, 2.24) is 10.2 Å². The minimum Gasteiger partial charge on any atom is -0.465 e. The molecule has 1 aromatic carbocycles. The molecule has 0 spiro atoms. The number of amides is 2. The molecule has 3 aliphatic heterocycles. The fourth-order valence-corrected chi connectivity index (χ4v) is 3.98. The van der Waals surface area contributed by atoms with Gasteiger partial charge < -0.3 is 20.2 Å². The lowest BCUT2D eigenvalue weighted by molar-refractivity contribution is 0.0957. The van der Waals surface area contributed by atoms with Crippen molar-refractivity contribution in [1.29, 1.82) is 0 Å². The van der Waals surface area contributed by atoms with Crippen molar-refractivity contribution >= 4 is 17.7 Å². The molecule has 2 N–H and O–H groups in total. The number of piperidine rings is 1. The molecule has 110 valence electrons. The molecule has 0 unspecified atom stereocenters. The minimum atomic E-state index is -0.852. The second-order valence-electron chi connectivity index (χ2n) is 5.88. The van der Waals surface area contributed by atoms with Gasteiger partial charge in [0, 0.05) is 38.1 Å². The quantitative estimate of drug-likeness (QED) is 0.749. The van der Waals surface area contributed by atoms with Gasteiger partial charge in [-0.05, 0) is 18.1 Å². The van der Waals surface area contributed by atoms with Gasteiger partial charge in [0.15, 0.2) is 0 Å². The van der Waals surface area contributed by atoms with Crippen LogP contribution in [-0.4, -0.2) is 54.2 Å². The van der Waals surface area contributed by atoms with Crippen molar-refractivity contribution in [2.24, 2.45) is 0 Å². The largest absolute Gasteiger partial charge is 0.465 e. The topological polar surface area (TPSA) is 72.9 Å². The van der Waals surface area contributed by atoms with E-state index in [4.69, 9.17) is 0 Å². The summed E-state index contributed by atoms with van der Waals surface area (Å²) in [5.74, 6) is 0.152. The molecule has 3 heterocycles. The Labute approximate surface area is 122 Å². The highest BCUT2D eigenvalue weighted by atomic mass is 16.4. The van der Waals surface area contributed by atoms with Gasteiger partial charge in [-0.15, -0.1) is 0 Å². The average Bonchev–Trinajstić information content (AvgIpc) is 2.70. The van der Waals surface area contributed by atoms with E-state index in [1.165, 1.54) is 4.90 Å². The van der Waals surface area contributed by atoms with Crippen LogP contribution in [0, 0.1) is 0 Å². The van der Waals surface area contributed by atoms with Crippen molar-refractivity contribution in [3.63, 3.8) is 0 Å². The summed E-state index contributed by atoms with van der Waals surface area (Å²) < 4.78 is 0. The van der Waals surface area contributed by atoms with Gasteiger partial charge in [-0.25, -0.2) is 4.79 Å². The Morgan fingerprint density at radius 3 is 3.00 bits per heavy atom. The SMILES string of the molecule is O=C1NCCN2c3c1cccc3[C@@H]1CN(C(=O)O)CC[C@@H]12. The summed E-state index contributed by atoms with van der Waals surface area (Å²) in [5, 5.41) is 12.2. The molecule has 1 fully saturated rings. The first-order chi connectivity index (χ1) is 10.2. The Kier molecular flexibility index (Phi) is 2.60. The monoisotopic (exact) mass is 287 g/mol. The normalized spacial score (nSPS) is 26.8. The van der Waals surface area contributed by atoms with Crippen LogP contribution in [0.1, 0.15) is 28.3 Å². The van der Waals surface area contributed by atoms with Crippen LogP contribution in [0.4, 0.5) is 10.5 Å². The number of nitrogens with one attached hydrogen (secondary N) is 1. The lowest BCUT2D eigenvalue weighted by Crippen LogP contribution is -2.48. The number of hydrogen-bond acceptors (Lipinski definition) is 3. The third-order valence-electron chi connectivity index (χ3n) is 4.88. The molecule has 0 saturated carbocycles. The smallest absolute Gasteiger partial charge is 0.407 e. The van der Waals surface area contributed by atoms with Gasteiger partial charge in [0.2, 0.25) is 0 Å². The zero-order valence-electron chi connectivity index (χ0n) is 11.6. The molecule has 4 rings (SSSR count). The number of benzene rings is 1. The van der Waals surface area contributed by atoms with Crippen molar-refractivity contribution in [3.8, 4) is 0 Å². The second kappa shape index (κ2) is 4.38. The van der Waals surface area contributed by atoms with Crippen molar-refractivity contribution < 1.29 is 14.7 Å². The number of likely N-dealkylation sites (tertiary alicyclic amines) is 1. The van der Waals surface area contributed by atoms with E-state index in [2.05, 4.69) is 10.2 Å². The zero-order valence-corrected chi connectivity index (χ0v) is 11.6. The highest BCUT2D eigenvalue weighted by molar-refractivity contribution is 6.02. The molecule has 2 atom stereocenters. The number of carbonyl (C=O) groups excluding carboxylic acids is 1. The predicted molar refractivity (Wildman–Crippen MR) is 76.9 cm³/mol. The Bertz CT molecular complexity index is 631. The van der Waals surface area contributed by atoms with E-state index in [0.717, 1.165) is 29.8 Å². The first kappa shape index (κ1) is 12.5. The van der Waals surface area contributed by atoms with Gasteiger partial charge >= 0.3 is 6.09 Å². The summed E-state index contributed by atoms with van der Waals surface area (Å²) >= 11 is 0. The van der Waals surface area contributed by atoms with Gasteiger partial charge in [-0.3, -0.25) is 4.79 Å². The third-order valence-corrected chi connectivity index (χ3v) is 4.88. The first-order valence-corrected chi connectivity index (χ1v) is 7.32. The molecule has 6 nitrogen and oxygen atoms in total. The lowest BCUT2D eigenvalue weighted by Gasteiger charge is -2.37. The molecule has 1 saturated heterocycles. The van der Waals surface area contributed by atoms with E-state index < -0.39 is 6.09 Å². The molecule has 1 aromatic rings. The number of carbonyl (C=O) groups is 2. The summed E-state index contributed by atoms with van der Waals surface area (Å²) in [6, 6.07) is 6.11. The van der Waals surface area contributed by atoms with Crippen molar-refractivity contribution in [3.05, 3.63) is 29.3 Å². The molecule has 0 radical (unpaired) electrons. The van der Waals surface area contributed by atoms with Gasteiger partial charge in [0.05, 0.1) is 11.3 Å². The second-order valence-corrected chi connectivity index (χ2v) is 5.88. The highest BCUT2D eigenvalue weighted by Gasteiger charge is 2.44. The third kappa shape index (κ3) is 1.71. The first-order valence-electron chi connectivity index (χ1n) is 7.32. The van der Waals surface area contributed by atoms with E-state index in [1.54, 1.807) is 0 Å². The molecule has 0 aliphatic carbocycles. The Morgan fingerprint density at radius 2 is 2.19 bits per heavy atom. The van der Waals surface area contributed by atoms with Gasteiger partial charge in [0.1, 0.15) is 0 Å². The van der Waals surface area contributed by atoms with Gasteiger partial charge in [-0.1, -0.05) is 12.1 Å². The lowest BCUT2D eigenvalue weighted by atomic mass is 9.88. The summed E-state index contributed by atoms with van der Waals surface area (Å²) in [5.41, 5.74) is 2.87. The van der Waals surface area contributed by atoms with Crippen LogP contribution in [-0.2, 0) is 0 Å². The van der Waals surface area contributed by atoms with E-state index in [9.17, 15) is 14.7 Å². The molecule has 6 heteroatoms.